The van der Waals surface area contributed by atoms with Gasteiger partial charge in [0.2, 0.25) is 5.91 Å². The molecule has 5 aliphatic heterocycles. The van der Waals surface area contributed by atoms with Crippen molar-refractivity contribution in [1.82, 2.24) is 4.90 Å². The van der Waals surface area contributed by atoms with Crippen molar-refractivity contribution in [2.24, 2.45) is 11.8 Å². The van der Waals surface area contributed by atoms with Crippen LogP contribution < -0.4 is 9.64 Å². The zero-order valence-corrected chi connectivity index (χ0v) is 15.9. The monoisotopic (exact) mass is 380 g/mol. The minimum Gasteiger partial charge on any atom is -0.497 e. The fourth-order valence-electron chi connectivity index (χ4n) is 7.68. The van der Waals surface area contributed by atoms with Gasteiger partial charge in [-0.3, -0.25) is 9.69 Å². The smallest absolute Gasteiger partial charge is 0.229 e. The van der Waals surface area contributed by atoms with Crippen molar-refractivity contribution in [3.63, 3.8) is 0 Å². The summed E-state index contributed by atoms with van der Waals surface area (Å²) in [7, 11) is 1.66. The van der Waals surface area contributed by atoms with E-state index < -0.39 is 11.1 Å². The fourth-order valence-corrected chi connectivity index (χ4v) is 7.68. The maximum atomic E-state index is 13.4. The maximum Gasteiger partial charge on any atom is 0.229 e. The number of rotatable bonds is 1. The molecule has 1 aromatic carbocycles. The third-order valence-electron chi connectivity index (χ3n) is 8.65. The Morgan fingerprint density at radius 1 is 1.36 bits per heavy atom. The minimum atomic E-state index is -0.902. The topological polar surface area (TPSA) is 62.2 Å². The molecule has 6 heteroatoms. The van der Waals surface area contributed by atoms with Crippen LogP contribution in [0.3, 0.4) is 0 Å². The Morgan fingerprint density at radius 2 is 2.25 bits per heavy atom. The largest absolute Gasteiger partial charge is 0.497 e. The van der Waals surface area contributed by atoms with E-state index in [2.05, 4.69) is 17.0 Å². The molecule has 2 bridgehead atoms. The van der Waals surface area contributed by atoms with Crippen LogP contribution in [0.2, 0.25) is 0 Å². The SMILES string of the molecule is COc1ccc2c(c1)N1C(=O)C[C@@H]3OCC=C4CN5CC[C@@]26[C@@H]1[C@H]3[C@@H]4C[C@]56O. The molecule has 1 spiro atoms. The van der Waals surface area contributed by atoms with Crippen LogP contribution in [0.25, 0.3) is 0 Å². The quantitative estimate of drug-likeness (QED) is 0.747. The number of aliphatic hydroxyl groups is 1. The molecular weight excluding hydrogens is 356 g/mol. The summed E-state index contributed by atoms with van der Waals surface area (Å²) in [4.78, 5) is 17.6. The molecular formula is C22H24N2O4. The summed E-state index contributed by atoms with van der Waals surface area (Å²) < 4.78 is 11.7. The standard InChI is InChI=1S/C22H24N2O4/c1-27-13-2-3-15-16(8-13)24-18(25)9-17-19-14-10-22(26)21(15,20(19)24)5-6-23(22)11-12(14)4-7-28-17/h2-4,8,14,17,19-20,26H,5-7,9-11H2,1H3/t14-,17+,19+,20+,21+,22-/m1/s1. The van der Waals surface area contributed by atoms with E-state index in [4.69, 9.17) is 9.47 Å². The van der Waals surface area contributed by atoms with Crippen LogP contribution in [0.1, 0.15) is 24.8 Å². The molecule has 0 radical (unpaired) electrons. The molecule has 3 saturated heterocycles. The van der Waals surface area contributed by atoms with E-state index in [1.165, 1.54) is 5.57 Å². The molecule has 1 amide bonds. The summed E-state index contributed by atoms with van der Waals surface area (Å²) in [5.41, 5.74) is 2.11. The summed E-state index contributed by atoms with van der Waals surface area (Å²) in [5, 5.41) is 12.2. The number of benzene rings is 1. The third-order valence-corrected chi connectivity index (χ3v) is 8.65. The highest BCUT2D eigenvalue weighted by atomic mass is 16.5. The summed E-state index contributed by atoms with van der Waals surface area (Å²) in [6.07, 6.45) is 4.20. The van der Waals surface area contributed by atoms with Crippen molar-refractivity contribution >= 4 is 11.6 Å². The molecule has 0 aromatic heterocycles. The van der Waals surface area contributed by atoms with Crippen molar-refractivity contribution in [2.45, 2.75) is 42.5 Å². The molecule has 1 aliphatic carbocycles. The Kier molecular flexibility index (Phi) is 2.74. The molecule has 4 fully saturated rings. The van der Waals surface area contributed by atoms with Gasteiger partial charge in [-0.1, -0.05) is 17.7 Å². The van der Waals surface area contributed by atoms with E-state index in [-0.39, 0.29) is 29.9 Å². The Morgan fingerprint density at radius 3 is 3.11 bits per heavy atom. The average molecular weight is 380 g/mol. The van der Waals surface area contributed by atoms with Crippen LogP contribution in [-0.4, -0.2) is 60.6 Å². The van der Waals surface area contributed by atoms with Gasteiger partial charge < -0.3 is 19.5 Å². The van der Waals surface area contributed by atoms with Crippen molar-refractivity contribution in [3.8, 4) is 5.75 Å². The van der Waals surface area contributed by atoms with Gasteiger partial charge in [0, 0.05) is 25.1 Å². The highest BCUT2D eigenvalue weighted by Crippen LogP contribution is 2.69. The fraction of sp³-hybridized carbons (Fsp3) is 0.591. The number of methoxy groups -OCH3 is 1. The van der Waals surface area contributed by atoms with Gasteiger partial charge in [-0.05, 0) is 30.4 Å². The van der Waals surface area contributed by atoms with E-state index in [1.54, 1.807) is 7.11 Å². The molecule has 6 aliphatic rings. The molecule has 1 saturated carbocycles. The van der Waals surface area contributed by atoms with Gasteiger partial charge in [-0.15, -0.1) is 0 Å². The molecule has 28 heavy (non-hydrogen) atoms. The van der Waals surface area contributed by atoms with Crippen molar-refractivity contribution < 1.29 is 19.4 Å². The molecule has 146 valence electrons. The number of hydrogen-bond donors (Lipinski definition) is 1. The summed E-state index contributed by atoms with van der Waals surface area (Å²) in [5.74, 6) is 1.40. The number of fused-ring (bicyclic) bond motifs is 2. The van der Waals surface area contributed by atoms with Crippen molar-refractivity contribution in [2.75, 3.05) is 31.7 Å². The Labute approximate surface area is 163 Å². The van der Waals surface area contributed by atoms with Crippen molar-refractivity contribution in [1.29, 1.82) is 0 Å². The van der Waals surface area contributed by atoms with Gasteiger partial charge in [0.1, 0.15) is 11.5 Å². The first-order valence-electron chi connectivity index (χ1n) is 10.4. The second kappa shape index (κ2) is 4.81. The second-order valence-corrected chi connectivity index (χ2v) is 9.29. The Hall–Kier alpha value is -1.89. The Bertz CT molecular complexity index is 960. The lowest BCUT2D eigenvalue weighted by molar-refractivity contribution is -0.197. The summed E-state index contributed by atoms with van der Waals surface area (Å²) >= 11 is 0. The molecule has 1 aromatic rings. The first kappa shape index (κ1) is 16.0. The summed E-state index contributed by atoms with van der Waals surface area (Å²) in [6, 6.07) is 6.02. The number of amides is 1. The van der Waals surface area contributed by atoms with Crippen LogP contribution in [0.5, 0.6) is 5.75 Å². The van der Waals surface area contributed by atoms with Crippen LogP contribution in [0, 0.1) is 11.8 Å². The highest BCUT2D eigenvalue weighted by molar-refractivity contribution is 5.99. The zero-order valence-electron chi connectivity index (χ0n) is 15.9. The first-order valence-corrected chi connectivity index (χ1v) is 10.4. The van der Waals surface area contributed by atoms with Gasteiger partial charge in [0.15, 0.2) is 0 Å². The number of carbonyl (C=O) groups excluding carboxylic acids is 1. The van der Waals surface area contributed by atoms with E-state index in [1.807, 2.05) is 17.0 Å². The second-order valence-electron chi connectivity index (χ2n) is 9.29. The molecule has 6 atom stereocenters. The number of anilines is 1. The van der Waals surface area contributed by atoms with E-state index in [9.17, 15) is 9.90 Å². The van der Waals surface area contributed by atoms with Crippen LogP contribution in [-0.2, 0) is 14.9 Å². The van der Waals surface area contributed by atoms with Gasteiger partial charge in [0.05, 0.1) is 43.4 Å². The Balaban J connectivity index is 1.55. The lowest BCUT2D eigenvalue weighted by Gasteiger charge is -2.62. The zero-order chi connectivity index (χ0) is 18.8. The number of nitrogens with zero attached hydrogens (tertiary/aromatic N) is 2. The lowest BCUT2D eigenvalue weighted by Crippen LogP contribution is -2.74. The van der Waals surface area contributed by atoms with E-state index in [0.29, 0.717) is 13.0 Å². The van der Waals surface area contributed by atoms with Crippen molar-refractivity contribution in [3.05, 3.63) is 35.4 Å². The predicted octanol–water partition coefficient (Wildman–Crippen LogP) is 1.42. The highest BCUT2D eigenvalue weighted by Gasteiger charge is 2.76. The number of piperidine rings is 2. The molecule has 7 rings (SSSR count). The van der Waals surface area contributed by atoms with Crippen LogP contribution >= 0.6 is 0 Å². The average Bonchev–Trinajstić information content (AvgIpc) is 3.11. The number of carbonyl (C=O) groups is 1. The van der Waals surface area contributed by atoms with Gasteiger partial charge in [0.25, 0.3) is 0 Å². The van der Waals surface area contributed by atoms with Gasteiger partial charge in [-0.2, -0.15) is 0 Å². The van der Waals surface area contributed by atoms with Crippen LogP contribution in [0.15, 0.2) is 29.8 Å². The van der Waals surface area contributed by atoms with E-state index >= 15 is 0 Å². The molecule has 6 nitrogen and oxygen atoms in total. The summed E-state index contributed by atoms with van der Waals surface area (Å²) in [6.45, 7) is 2.26. The first-order chi connectivity index (χ1) is 13.6. The number of ether oxygens (including phenoxy) is 2. The third kappa shape index (κ3) is 1.49. The molecule has 1 N–H and O–H groups in total. The van der Waals surface area contributed by atoms with Gasteiger partial charge in [-0.25, -0.2) is 0 Å². The number of hydrogen-bond acceptors (Lipinski definition) is 5. The predicted molar refractivity (Wildman–Crippen MR) is 101 cm³/mol. The van der Waals surface area contributed by atoms with E-state index in [0.717, 1.165) is 42.9 Å². The minimum absolute atomic E-state index is 0.0450. The molecule has 0 unspecified atom stereocenters. The van der Waals surface area contributed by atoms with Crippen LogP contribution in [0.4, 0.5) is 5.69 Å². The normalized spacial score (nSPS) is 44.9. The van der Waals surface area contributed by atoms with Gasteiger partial charge >= 0.3 is 0 Å². The molecule has 5 heterocycles. The lowest BCUT2D eigenvalue weighted by atomic mass is 9.52. The maximum absolute atomic E-state index is 13.4.